The maximum Gasteiger partial charge on any atom is 0.301 e. The minimum absolute atomic E-state index is 0.0124. The summed E-state index contributed by atoms with van der Waals surface area (Å²) in [6.07, 6.45) is 1.60. The van der Waals surface area contributed by atoms with E-state index in [0.717, 1.165) is 22.4 Å². The molecule has 0 saturated carbocycles. The average Bonchev–Trinajstić information content (AvgIpc) is 3.64. The average molecular weight is 571 g/mol. The number of amides is 1. The van der Waals surface area contributed by atoms with E-state index in [1.54, 1.807) is 12.1 Å². The summed E-state index contributed by atoms with van der Waals surface area (Å²) in [7, 11) is 0. The normalized spacial score (nSPS) is 19.4. The summed E-state index contributed by atoms with van der Waals surface area (Å²) in [4.78, 5) is 33.4. The first-order valence-electron chi connectivity index (χ1n) is 13.7. The van der Waals surface area contributed by atoms with Gasteiger partial charge in [-0.05, 0) is 79.9 Å². The number of aliphatic hydroxyl groups excluding tert-OH is 1. The highest BCUT2D eigenvalue weighted by Crippen LogP contribution is 2.45. The van der Waals surface area contributed by atoms with Crippen LogP contribution in [0.15, 0.2) is 66.2 Å². The third kappa shape index (κ3) is 4.91. The molecule has 1 aromatic heterocycles. The molecule has 0 radical (unpaired) electrons. The Hall–Kier alpha value is -4.37. The van der Waals surface area contributed by atoms with Gasteiger partial charge >= 0.3 is 5.91 Å². The van der Waals surface area contributed by atoms with Crippen molar-refractivity contribution in [3.63, 3.8) is 0 Å². The van der Waals surface area contributed by atoms with Crippen LogP contribution < -0.4 is 19.1 Å². The van der Waals surface area contributed by atoms with Crippen molar-refractivity contribution in [2.24, 2.45) is 0 Å². The predicted molar refractivity (Wildman–Crippen MR) is 158 cm³/mol. The molecule has 9 heteroatoms. The van der Waals surface area contributed by atoms with Crippen molar-refractivity contribution < 1.29 is 28.9 Å². The van der Waals surface area contributed by atoms with E-state index < -0.39 is 17.7 Å². The number of aliphatic hydroxyl groups is 1. The summed E-state index contributed by atoms with van der Waals surface area (Å²) in [5.74, 6) is 0.400. The molecule has 41 heavy (non-hydrogen) atoms. The van der Waals surface area contributed by atoms with Crippen LogP contribution >= 0.6 is 11.3 Å². The number of aromatic nitrogens is 1. The lowest BCUT2D eigenvalue weighted by Crippen LogP contribution is -2.29. The van der Waals surface area contributed by atoms with Crippen LogP contribution in [-0.2, 0) is 16.0 Å². The van der Waals surface area contributed by atoms with Gasteiger partial charge < -0.3 is 19.3 Å². The van der Waals surface area contributed by atoms with Gasteiger partial charge in [0.1, 0.15) is 29.1 Å². The zero-order valence-corrected chi connectivity index (χ0v) is 23.9. The van der Waals surface area contributed by atoms with Crippen LogP contribution in [0.2, 0.25) is 0 Å². The van der Waals surface area contributed by atoms with E-state index in [1.165, 1.54) is 16.2 Å². The molecule has 0 unspecified atom stereocenters. The summed E-state index contributed by atoms with van der Waals surface area (Å²) in [5, 5.41) is 12.0. The number of fused-ring (bicyclic) bond motifs is 2. The van der Waals surface area contributed by atoms with Gasteiger partial charge in [0.25, 0.3) is 5.78 Å². The lowest BCUT2D eigenvalue weighted by Gasteiger charge is -2.23. The van der Waals surface area contributed by atoms with Crippen molar-refractivity contribution in [2.75, 3.05) is 18.1 Å². The number of benzene rings is 3. The van der Waals surface area contributed by atoms with Crippen LogP contribution in [0.5, 0.6) is 17.2 Å². The van der Waals surface area contributed by atoms with E-state index in [2.05, 4.69) is 0 Å². The van der Waals surface area contributed by atoms with Crippen molar-refractivity contribution in [1.82, 2.24) is 4.98 Å². The molecule has 8 nitrogen and oxygen atoms in total. The molecule has 2 aliphatic rings. The van der Waals surface area contributed by atoms with Gasteiger partial charge in [0, 0.05) is 12.0 Å². The Morgan fingerprint density at radius 3 is 2.59 bits per heavy atom. The Labute approximate surface area is 241 Å². The minimum Gasteiger partial charge on any atom is -0.507 e. The lowest BCUT2D eigenvalue weighted by molar-refractivity contribution is -0.132. The Balaban J connectivity index is 1.48. The number of carbonyl (C=O) groups is 2. The molecule has 3 aromatic carbocycles. The number of nitrogens with zero attached hydrogens (tertiary/aromatic N) is 2. The van der Waals surface area contributed by atoms with E-state index in [-0.39, 0.29) is 17.4 Å². The second-order valence-corrected chi connectivity index (χ2v) is 11.1. The van der Waals surface area contributed by atoms with Crippen LogP contribution in [0.4, 0.5) is 5.13 Å². The molecule has 1 amide bonds. The minimum atomic E-state index is -0.884. The molecule has 6 rings (SSSR count). The van der Waals surface area contributed by atoms with Crippen molar-refractivity contribution >= 4 is 44.1 Å². The number of hydrogen-bond acceptors (Lipinski definition) is 8. The zero-order chi connectivity index (χ0) is 28.7. The van der Waals surface area contributed by atoms with Gasteiger partial charge in [-0.1, -0.05) is 30.4 Å². The summed E-state index contributed by atoms with van der Waals surface area (Å²) >= 11 is 1.30. The molecule has 2 aliphatic heterocycles. The Morgan fingerprint density at radius 2 is 1.83 bits per heavy atom. The highest BCUT2D eigenvalue weighted by atomic mass is 32.1. The largest absolute Gasteiger partial charge is 0.507 e. The van der Waals surface area contributed by atoms with Gasteiger partial charge in [-0.25, -0.2) is 4.98 Å². The number of thiazole rings is 1. The standard InChI is InChI=1S/C32H30N2O6S/c1-4-14-39-22-9-6-19(7-10-22)28-27(29(35)20-8-13-25-21(16-20)15-18(3)40-25)30(36)31(37)34(28)32-33-24-12-11-23(38-5-2)17-26(24)41-32/h6-13,16-18,28,35H,4-5,14-15H2,1-3H3/b29-27+/t18-,28-/m0/s1. The van der Waals surface area contributed by atoms with Crippen LogP contribution in [0, 0.1) is 0 Å². The molecular formula is C32H30N2O6S. The van der Waals surface area contributed by atoms with Gasteiger partial charge in [0.05, 0.1) is 35.0 Å². The monoisotopic (exact) mass is 570 g/mol. The second-order valence-electron chi connectivity index (χ2n) is 10.1. The Morgan fingerprint density at radius 1 is 1.05 bits per heavy atom. The van der Waals surface area contributed by atoms with Gasteiger partial charge in [-0.15, -0.1) is 0 Å². The number of carbonyl (C=O) groups excluding carboxylic acids is 2. The van der Waals surface area contributed by atoms with Gasteiger partial charge in [0.2, 0.25) is 0 Å². The topological polar surface area (TPSA) is 98.2 Å². The van der Waals surface area contributed by atoms with Crippen LogP contribution in [-0.4, -0.2) is 41.1 Å². The number of Topliss-reactive ketones (excluding diaryl/α,β-unsaturated/α-hetero) is 1. The highest BCUT2D eigenvalue weighted by molar-refractivity contribution is 7.22. The maximum absolute atomic E-state index is 13.6. The fraction of sp³-hybridized carbons (Fsp3) is 0.281. The molecule has 4 aromatic rings. The smallest absolute Gasteiger partial charge is 0.301 e. The third-order valence-electron chi connectivity index (χ3n) is 7.15. The van der Waals surface area contributed by atoms with Gasteiger partial charge in [-0.3, -0.25) is 14.5 Å². The van der Waals surface area contributed by atoms with E-state index in [1.807, 2.05) is 69.3 Å². The summed E-state index contributed by atoms with van der Waals surface area (Å²) in [6.45, 7) is 7.03. The fourth-order valence-corrected chi connectivity index (χ4v) is 6.31. The van der Waals surface area contributed by atoms with Crippen molar-refractivity contribution in [1.29, 1.82) is 0 Å². The quantitative estimate of drug-likeness (QED) is 0.148. The summed E-state index contributed by atoms with van der Waals surface area (Å²) in [5.41, 5.74) is 2.75. The molecule has 0 aliphatic carbocycles. The van der Waals surface area contributed by atoms with Gasteiger partial charge in [-0.2, -0.15) is 0 Å². The number of rotatable bonds is 8. The first-order chi connectivity index (χ1) is 19.9. The number of ketones is 1. The zero-order valence-electron chi connectivity index (χ0n) is 23.0. The molecule has 210 valence electrons. The predicted octanol–water partition coefficient (Wildman–Crippen LogP) is 6.43. The first kappa shape index (κ1) is 26.8. The third-order valence-corrected chi connectivity index (χ3v) is 8.17. The summed E-state index contributed by atoms with van der Waals surface area (Å²) < 4.78 is 18.0. The maximum atomic E-state index is 13.6. The first-order valence-corrected chi connectivity index (χ1v) is 14.6. The van der Waals surface area contributed by atoms with E-state index in [4.69, 9.17) is 19.2 Å². The molecule has 3 heterocycles. The second kappa shape index (κ2) is 10.9. The highest BCUT2D eigenvalue weighted by Gasteiger charge is 2.48. The molecular weight excluding hydrogens is 540 g/mol. The molecule has 0 bridgehead atoms. The van der Waals surface area contributed by atoms with Crippen LogP contribution in [0.3, 0.4) is 0 Å². The van der Waals surface area contributed by atoms with Crippen LogP contribution in [0.25, 0.3) is 16.0 Å². The molecule has 2 atom stereocenters. The number of anilines is 1. The molecule has 1 fully saturated rings. The summed E-state index contributed by atoms with van der Waals surface area (Å²) in [6, 6.07) is 17.2. The Kier molecular flexibility index (Phi) is 7.13. The van der Waals surface area contributed by atoms with E-state index in [9.17, 15) is 14.7 Å². The molecule has 1 saturated heterocycles. The van der Waals surface area contributed by atoms with Crippen LogP contribution in [0.1, 0.15) is 49.9 Å². The fourth-order valence-electron chi connectivity index (χ4n) is 5.29. The Bertz CT molecular complexity index is 1680. The van der Waals surface area contributed by atoms with Crippen molar-refractivity contribution in [3.8, 4) is 17.2 Å². The number of hydrogen-bond donors (Lipinski definition) is 1. The SMILES string of the molecule is CCCOc1ccc([C@H]2/C(=C(\O)c3ccc4c(c3)C[C@H](C)O4)C(=O)C(=O)N2c2nc3ccc(OCC)cc3s2)cc1. The van der Waals surface area contributed by atoms with E-state index in [0.29, 0.717) is 52.9 Å². The number of ether oxygens (including phenoxy) is 3. The molecule has 1 N–H and O–H groups in total. The van der Waals surface area contributed by atoms with Gasteiger partial charge in [0.15, 0.2) is 5.13 Å². The van der Waals surface area contributed by atoms with E-state index >= 15 is 0 Å². The lowest BCUT2D eigenvalue weighted by atomic mass is 9.94. The van der Waals surface area contributed by atoms with Crippen molar-refractivity contribution in [2.45, 2.75) is 45.8 Å². The molecule has 0 spiro atoms. The van der Waals surface area contributed by atoms with Crippen molar-refractivity contribution in [3.05, 3.63) is 82.9 Å².